The molecule has 1 aromatic rings. The largest absolute Gasteiger partial charge is 0.486 e. The van der Waals surface area contributed by atoms with Gasteiger partial charge >= 0.3 is 6.03 Å². The number of halogens is 1. The van der Waals surface area contributed by atoms with Crippen molar-refractivity contribution in [3.8, 4) is 11.5 Å². The van der Waals surface area contributed by atoms with Gasteiger partial charge in [-0.25, -0.2) is 4.79 Å². The highest BCUT2D eigenvalue weighted by atomic mass is 79.9. The van der Waals surface area contributed by atoms with Crippen molar-refractivity contribution in [2.45, 2.75) is 39.3 Å². The average Bonchev–Trinajstić information content (AvgIpc) is 2.60. The van der Waals surface area contributed by atoms with E-state index in [1.165, 1.54) is 0 Å². The SMILES string of the molecule is CC(C)C[C@@H]1COCCN1C(=O)N[C@H](C)c1cc2c(cc1Br)OCCO2. The average molecular weight is 427 g/mol. The van der Waals surface area contributed by atoms with Crippen LogP contribution in [0.25, 0.3) is 0 Å². The van der Waals surface area contributed by atoms with Crippen molar-refractivity contribution in [2.24, 2.45) is 5.92 Å². The lowest BCUT2D eigenvalue weighted by Crippen LogP contribution is -2.53. The number of nitrogens with one attached hydrogen (secondary N) is 1. The first-order valence-corrected chi connectivity index (χ1v) is 9.99. The van der Waals surface area contributed by atoms with E-state index in [0.717, 1.165) is 28.0 Å². The number of nitrogens with zero attached hydrogens (tertiary/aromatic N) is 1. The van der Waals surface area contributed by atoms with Crippen molar-refractivity contribution in [2.75, 3.05) is 33.0 Å². The van der Waals surface area contributed by atoms with E-state index in [1.807, 2.05) is 24.0 Å². The van der Waals surface area contributed by atoms with Gasteiger partial charge in [-0.1, -0.05) is 29.8 Å². The van der Waals surface area contributed by atoms with Crippen LogP contribution < -0.4 is 14.8 Å². The Kier molecular flexibility index (Phi) is 6.29. The molecule has 0 bridgehead atoms. The fourth-order valence-electron chi connectivity index (χ4n) is 3.42. The van der Waals surface area contributed by atoms with E-state index in [-0.39, 0.29) is 18.1 Å². The summed E-state index contributed by atoms with van der Waals surface area (Å²) in [6.45, 7) is 9.22. The van der Waals surface area contributed by atoms with E-state index in [4.69, 9.17) is 14.2 Å². The fourth-order valence-corrected chi connectivity index (χ4v) is 4.08. The van der Waals surface area contributed by atoms with Crippen molar-refractivity contribution in [3.63, 3.8) is 0 Å². The third-order valence-corrected chi connectivity index (χ3v) is 5.39. The molecule has 0 saturated carbocycles. The maximum atomic E-state index is 12.9. The van der Waals surface area contributed by atoms with Crippen LogP contribution in [0.1, 0.15) is 38.8 Å². The molecule has 6 nitrogen and oxygen atoms in total. The van der Waals surface area contributed by atoms with Crippen molar-refractivity contribution >= 4 is 22.0 Å². The van der Waals surface area contributed by atoms with Crippen LogP contribution in [-0.2, 0) is 4.74 Å². The van der Waals surface area contributed by atoms with Crippen LogP contribution in [-0.4, -0.2) is 49.9 Å². The molecule has 0 spiro atoms. The van der Waals surface area contributed by atoms with Crippen LogP contribution in [0.5, 0.6) is 11.5 Å². The number of carbonyl (C=O) groups excluding carboxylic acids is 1. The number of rotatable bonds is 4. The molecular formula is C19H27BrN2O4. The van der Waals surface area contributed by atoms with Crippen LogP contribution in [0.15, 0.2) is 16.6 Å². The molecule has 2 atom stereocenters. The summed E-state index contributed by atoms with van der Waals surface area (Å²) in [6.07, 6.45) is 0.940. The summed E-state index contributed by atoms with van der Waals surface area (Å²) in [6, 6.07) is 3.76. The van der Waals surface area contributed by atoms with Gasteiger partial charge < -0.3 is 24.4 Å². The third-order valence-electron chi connectivity index (χ3n) is 4.70. The number of morpholine rings is 1. The summed E-state index contributed by atoms with van der Waals surface area (Å²) in [4.78, 5) is 14.8. The number of fused-ring (bicyclic) bond motifs is 1. The van der Waals surface area contributed by atoms with E-state index in [1.54, 1.807) is 0 Å². The molecule has 2 aliphatic heterocycles. The Balaban J connectivity index is 1.70. The van der Waals surface area contributed by atoms with E-state index < -0.39 is 0 Å². The zero-order valence-electron chi connectivity index (χ0n) is 15.6. The highest BCUT2D eigenvalue weighted by Gasteiger charge is 2.29. The summed E-state index contributed by atoms with van der Waals surface area (Å²) in [5.74, 6) is 1.97. The number of amides is 2. The summed E-state index contributed by atoms with van der Waals surface area (Å²) >= 11 is 3.59. The Morgan fingerprint density at radius 1 is 1.23 bits per heavy atom. The van der Waals surface area contributed by atoms with E-state index in [2.05, 4.69) is 35.1 Å². The Morgan fingerprint density at radius 2 is 1.92 bits per heavy atom. The molecule has 26 heavy (non-hydrogen) atoms. The molecule has 2 heterocycles. The van der Waals surface area contributed by atoms with E-state index in [0.29, 0.717) is 38.9 Å². The number of ether oxygens (including phenoxy) is 3. The molecule has 1 saturated heterocycles. The monoisotopic (exact) mass is 426 g/mol. The smallest absolute Gasteiger partial charge is 0.318 e. The quantitative estimate of drug-likeness (QED) is 0.796. The maximum Gasteiger partial charge on any atom is 0.318 e. The predicted octanol–water partition coefficient (Wildman–Crippen LogP) is 3.74. The van der Waals surface area contributed by atoms with Gasteiger partial charge in [0.15, 0.2) is 11.5 Å². The van der Waals surface area contributed by atoms with Crippen LogP contribution in [0, 0.1) is 5.92 Å². The third kappa shape index (κ3) is 4.43. The molecule has 144 valence electrons. The summed E-state index contributed by atoms with van der Waals surface area (Å²) < 4.78 is 17.7. The molecule has 1 aromatic carbocycles. The topological polar surface area (TPSA) is 60.0 Å². The van der Waals surface area contributed by atoms with Crippen LogP contribution in [0.2, 0.25) is 0 Å². The summed E-state index contributed by atoms with van der Waals surface area (Å²) in [5.41, 5.74) is 0.969. The van der Waals surface area contributed by atoms with Gasteiger partial charge in [-0.15, -0.1) is 0 Å². The zero-order valence-corrected chi connectivity index (χ0v) is 17.2. The second kappa shape index (κ2) is 8.48. The van der Waals surface area contributed by atoms with Gasteiger partial charge in [-0.05, 0) is 37.0 Å². The maximum absolute atomic E-state index is 12.9. The zero-order chi connectivity index (χ0) is 18.7. The molecule has 3 rings (SSSR count). The summed E-state index contributed by atoms with van der Waals surface area (Å²) in [7, 11) is 0. The lowest BCUT2D eigenvalue weighted by Gasteiger charge is -2.37. The van der Waals surface area contributed by atoms with Crippen LogP contribution >= 0.6 is 15.9 Å². The van der Waals surface area contributed by atoms with Gasteiger partial charge in [0.1, 0.15) is 13.2 Å². The van der Waals surface area contributed by atoms with Gasteiger partial charge in [0, 0.05) is 11.0 Å². The lowest BCUT2D eigenvalue weighted by molar-refractivity contribution is 0.00509. The normalized spacial score (nSPS) is 20.8. The number of benzene rings is 1. The molecule has 1 N–H and O–H groups in total. The predicted molar refractivity (Wildman–Crippen MR) is 103 cm³/mol. The Hall–Kier alpha value is -1.47. The molecule has 1 fully saturated rings. The molecule has 7 heteroatoms. The van der Waals surface area contributed by atoms with E-state index in [9.17, 15) is 4.79 Å². The minimum absolute atomic E-state index is 0.0479. The lowest BCUT2D eigenvalue weighted by atomic mass is 10.0. The van der Waals surface area contributed by atoms with Gasteiger partial charge in [-0.2, -0.15) is 0 Å². The number of hydrogen-bond acceptors (Lipinski definition) is 4. The first kappa shape index (κ1) is 19.3. The van der Waals surface area contributed by atoms with Crippen molar-refractivity contribution in [1.82, 2.24) is 10.2 Å². The second-order valence-corrected chi connectivity index (χ2v) is 8.09. The Bertz CT molecular complexity index is 653. The minimum atomic E-state index is -0.157. The number of carbonyl (C=O) groups is 1. The number of urea groups is 1. The van der Waals surface area contributed by atoms with Crippen molar-refractivity contribution in [1.29, 1.82) is 0 Å². The van der Waals surface area contributed by atoms with Gasteiger partial charge in [0.25, 0.3) is 0 Å². The van der Waals surface area contributed by atoms with Gasteiger partial charge in [0.05, 0.1) is 25.3 Å². The molecule has 2 aliphatic rings. The fraction of sp³-hybridized carbons (Fsp3) is 0.632. The van der Waals surface area contributed by atoms with Gasteiger partial charge in [0.2, 0.25) is 0 Å². The van der Waals surface area contributed by atoms with Crippen molar-refractivity contribution < 1.29 is 19.0 Å². The highest BCUT2D eigenvalue weighted by molar-refractivity contribution is 9.10. The van der Waals surface area contributed by atoms with Gasteiger partial charge in [-0.3, -0.25) is 0 Å². The first-order chi connectivity index (χ1) is 12.5. The first-order valence-electron chi connectivity index (χ1n) is 9.19. The van der Waals surface area contributed by atoms with Crippen molar-refractivity contribution in [3.05, 3.63) is 22.2 Å². The second-order valence-electron chi connectivity index (χ2n) is 7.24. The Morgan fingerprint density at radius 3 is 2.62 bits per heavy atom. The van der Waals surface area contributed by atoms with E-state index >= 15 is 0 Å². The standard InChI is InChI=1S/C19H27BrN2O4/c1-12(2)8-14-11-24-5-4-22(14)19(23)21-13(3)15-9-17-18(10-16(15)20)26-7-6-25-17/h9-10,12-14H,4-8,11H2,1-3H3,(H,21,23)/t13-,14-/m1/s1. The van der Waals surface area contributed by atoms with Crippen LogP contribution in [0.4, 0.5) is 4.79 Å². The summed E-state index contributed by atoms with van der Waals surface area (Å²) in [5, 5.41) is 3.12. The minimum Gasteiger partial charge on any atom is -0.486 e. The molecule has 2 amide bonds. The molecule has 0 aliphatic carbocycles. The molecular weight excluding hydrogens is 400 g/mol. The highest BCUT2D eigenvalue weighted by Crippen LogP contribution is 2.37. The molecule has 0 aromatic heterocycles. The molecule has 0 radical (unpaired) electrons. The Labute approximate surface area is 163 Å². The number of hydrogen-bond donors (Lipinski definition) is 1. The molecule has 0 unspecified atom stereocenters. The van der Waals surface area contributed by atoms with Crippen LogP contribution in [0.3, 0.4) is 0 Å².